The van der Waals surface area contributed by atoms with Crippen LogP contribution in [0.15, 0.2) is 42.7 Å². The normalized spacial score (nSPS) is 16.0. The van der Waals surface area contributed by atoms with Gasteiger partial charge in [0.25, 0.3) is 0 Å². The Morgan fingerprint density at radius 2 is 1.72 bits per heavy atom. The van der Waals surface area contributed by atoms with Gasteiger partial charge in [-0.05, 0) is 18.5 Å². The number of nitrogens with one attached hydrogen (secondary N) is 1. The molecule has 0 unspecified atom stereocenters. The summed E-state index contributed by atoms with van der Waals surface area (Å²) in [6, 6.07) is 10.7. The van der Waals surface area contributed by atoms with Crippen LogP contribution >= 0.6 is 0 Å². The second-order valence-electron chi connectivity index (χ2n) is 6.43. The van der Waals surface area contributed by atoms with Gasteiger partial charge >= 0.3 is 0 Å². The standard InChI is InChI=1S/C19H27N5O/c25-16-18-13-22-19(14-21-18)20-7-4-8-23-9-11-24(12-10-23)15-17-5-2-1-3-6-17/h1-3,5-6,13-14,25H,4,7-12,15-16H2,(H,20,22). The van der Waals surface area contributed by atoms with Crippen LogP contribution in [0.3, 0.4) is 0 Å². The van der Waals surface area contributed by atoms with Gasteiger partial charge in [0.05, 0.1) is 24.7 Å². The average Bonchev–Trinajstić information content (AvgIpc) is 2.68. The summed E-state index contributed by atoms with van der Waals surface area (Å²) in [6.45, 7) is 7.52. The molecule has 25 heavy (non-hydrogen) atoms. The topological polar surface area (TPSA) is 64.5 Å². The van der Waals surface area contributed by atoms with E-state index in [0.717, 1.165) is 58.1 Å². The Kier molecular flexibility index (Phi) is 6.73. The van der Waals surface area contributed by atoms with Gasteiger partial charge in [-0.25, -0.2) is 4.98 Å². The highest BCUT2D eigenvalue weighted by Crippen LogP contribution is 2.09. The lowest BCUT2D eigenvalue weighted by Crippen LogP contribution is -2.46. The number of aliphatic hydroxyl groups is 1. The number of piperazine rings is 1. The minimum Gasteiger partial charge on any atom is -0.390 e. The smallest absolute Gasteiger partial charge is 0.144 e. The third-order valence-electron chi connectivity index (χ3n) is 4.54. The molecular weight excluding hydrogens is 314 g/mol. The molecule has 1 saturated heterocycles. The van der Waals surface area contributed by atoms with Crippen LogP contribution in [-0.2, 0) is 13.2 Å². The van der Waals surface area contributed by atoms with Gasteiger partial charge in [-0.15, -0.1) is 0 Å². The van der Waals surface area contributed by atoms with Crippen molar-refractivity contribution in [2.45, 2.75) is 19.6 Å². The first kappa shape index (κ1) is 17.8. The van der Waals surface area contributed by atoms with Crippen LogP contribution in [0.5, 0.6) is 0 Å². The monoisotopic (exact) mass is 341 g/mol. The Morgan fingerprint density at radius 3 is 2.40 bits per heavy atom. The number of nitrogens with zero attached hydrogens (tertiary/aromatic N) is 4. The van der Waals surface area contributed by atoms with Gasteiger partial charge in [0.15, 0.2) is 0 Å². The first-order valence-corrected chi connectivity index (χ1v) is 8.98. The predicted molar refractivity (Wildman–Crippen MR) is 99.2 cm³/mol. The molecule has 134 valence electrons. The van der Waals surface area contributed by atoms with Gasteiger partial charge in [0, 0.05) is 39.3 Å². The minimum absolute atomic E-state index is 0.0659. The van der Waals surface area contributed by atoms with Crippen molar-refractivity contribution in [1.82, 2.24) is 19.8 Å². The number of benzene rings is 1. The second-order valence-corrected chi connectivity index (χ2v) is 6.43. The fraction of sp³-hybridized carbons (Fsp3) is 0.474. The summed E-state index contributed by atoms with van der Waals surface area (Å²) in [6.07, 6.45) is 4.37. The molecule has 1 aliphatic heterocycles. The summed E-state index contributed by atoms with van der Waals surface area (Å²) in [7, 11) is 0. The molecule has 0 atom stereocenters. The molecule has 6 nitrogen and oxygen atoms in total. The number of anilines is 1. The van der Waals surface area contributed by atoms with Crippen LogP contribution in [0, 0.1) is 0 Å². The Balaban J connectivity index is 1.30. The molecule has 0 amide bonds. The molecule has 1 aromatic carbocycles. The highest BCUT2D eigenvalue weighted by atomic mass is 16.3. The van der Waals surface area contributed by atoms with Crippen LogP contribution in [-0.4, -0.2) is 64.1 Å². The summed E-state index contributed by atoms with van der Waals surface area (Å²) < 4.78 is 0. The maximum Gasteiger partial charge on any atom is 0.144 e. The van der Waals surface area contributed by atoms with Gasteiger partial charge in [0.2, 0.25) is 0 Å². The number of hydrogen-bond acceptors (Lipinski definition) is 6. The maximum absolute atomic E-state index is 8.96. The molecule has 0 aliphatic carbocycles. The number of aliphatic hydroxyl groups excluding tert-OH is 1. The first-order valence-electron chi connectivity index (χ1n) is 8.98. The van der Waals surface area contributed by atoms with Gasteiger partial charge in [0.1, 0.15) is 5.82 Å². The highest BCUT2D eigenvalue weighted by Gasteiger charge is 2.16. The molecule has 1 aliphatic rings. The largest absolute Gasteiger partial charge is 0.390 e. The molecule has 2 aromatic rings. The summed E-state index contributed by atoms with van der Waals surface area (Å²) in [5, 5.41) is 12.2. The van der Waals surface area contributed by atoms with Gasteiger partial charge in [-0.3, -0.25) is 9.88 Å². The van der Waals surface area contributed by atoms with Crippen molar-refractivity contribution < 1.29 is 5.11 Å². The first-order chi connectivity index (χ1) is 12.3. The second kappa shape index (κ2) is 9.46. The molecule has 2 heterocycles. The zero-order valence-corrected chi connectivity index (χ0v) is 14.6. The summed E-state index contributed by atoms with van der Waals surface area (Å²) in [5.41, 5.74) is 1.99. The van der Waals surface area contributed by atoms with E-state index in [4.69, 9.17) is 5.11 Å². The lowest BCUT2D eigenvalue weighted by Gasteiger charge is -2.34. The predicted octanol–water partition coefficient (Wildman–Crippen LogP) is 1.59. The van der Waals surface area contributed by atoms with E-state index >= 15 is 0 Å². The Hall–Kier alpha value is -2.02. The molecular formula is C19H27N5O. The number of hydrogen-bond donors (Lipinski definition) is 2. The van der Waals surface area contributed by atoms with Crippen LogP contribution in [0.25, 0.3) is 0 Å². The Morgan fingerprint density at radius 1 is 0.960 bits per heavy atom. The van der Waals surface area contributed by atoms with Crippen molar-refractivity contribution in [3.63, 3.8) is 0 Å². The van der Waals surface area contributed by atoms with E-state index in [2.05, 4.69) is 55.4 Å². The van der Waals surface area contributed by atoms with Crippen molar-refractivity contribution in [2.24, 2.45) is 0 Å². The van der Waals surface area contributed by atoms with Crippen LogP contribution < -0.4 is 5.32 Å². The quantitative estimate of drug-likeness (QED) is 0.711. The van der Waals surface area contributed by atoms with E-state index in [0.29, 0.717) is 5.69 Å². The minimum atomic E-state index is -0.0659. The molecule has 1 fully saturated rings. The van der Waals surface area contributed by atoms with Crippen LogP contribution in [0.1, 0.15) is 17.7 Å². The van der Waals surface area contributed by atoms with E-state index in [1.807, 2.05) is 0 Å². The van der Waals surface area contributed by atoms with E-state index in [-0.39, 0.29) is 6.61 Å². The fourth-order valence-electron chi connectivity index (χ4n) is 3.06. The fourth-order valence-corrected chi connectivity index (χ4v) is 3.06. The summed E-state index contributed by atoms with van der Waals surface area (Å²) in [4.78, 5) is 13.4. The molecule has 6 heteroatoms. The van der Waals surface area contributed by atoms with Gasteiger partial charge in [-0.2, -0.15) is 0 Å². The van der Waals surface area contributed by atoms with E-state index in [1.165, 1.54) is 5.56 Å². The Bertz CT molecular complexity index is 611. The lowest BCUT2D eigenvalue weighted by molar-refractivity contribution is 0.127. The van der Waals surface area contributed by atoms with Crippen molar-refractivity contribution in [3.8, 4) is 0 Å². The van der Waals surface area contributed by atoms with Crippen LogP contribution in [0.4, 0.5) is 5.82 Å². The van der Waals surface area contributed by atoms with Crippen molar-refractivity contribution in [1.29, 1.82) is 0 Å². The van der Waals surface area contributed by atoms with Gasteiger partial charge < -0.3 is 15.3 Å². The molecule has 2 N–H and O–H groups in total. The van der Waals surface area contributed by atoms with Gasteiger partial charge in [-0.1, -0.05) is 30.3 Å². The lowest BCUT2D eigenvalue weighted by atomic mass is 10.2. The zero-order valence-electron chi connectivity index (χ0n) is 14.6. The Labute approximate surface area is 149 Å². The molecule has 1 aromatic heterocycles. The van der Waals surface area contributed by atoms with Crippen LogP contribution in [0.2, 0.25) is 0 Å². The van der Waals surface area contributed by atoms with Crippen molar-refractivity contribution >= 4 is 5.82 Å². The third-order valence-corrected chi connectivity index (χ3v) is 4.54. The zero-order chi connectivity index (χ0) is 17.3. The van der Waals surface area contributed by atoms with E-state index in [9.17, 15) is 0 Å². The molecule has 0 radical (unpaired) electrons. The highest BCUT2D eigenvalue weighted by molar-refractivity contribution is 5.30. The molecule has 0 spiro atoms. The average molecular weight is 341 g/mol. The molecule has 0 saturated carbocycles. The van der Waals surface area contributed by atoms with Crippen molar-refractivity contribution in [3.05, 3.63) is 54.0 Å². The third kappa shape index (κ3) is 5.77. The number of aromatic nitrogens is 2. The van der Waals surface area contributed by atoms with E-state index in [1.54, 1.807) is 12.4 Å². The number of rotatable bonds is 8. The van der Waals surface area contributed by atoms with Crippen molar-refractivity contribution in [2.75, 3.05) is 44.6 Å². The summed E-state index contributed by atoms with van der Waals surface area (Å²) >= 11 is 0. The maximum atomic E-state index is 8.96. The molecule has 3 rings (SSSR count). The molecule has 0 bridgehead atoms. The summed E-state index contributed by atoms with van der Waals surface area (Å²) in [5.74, 6) is 0.768. The van der Waals surface area contributed by atoms with E-state index < -0.39 is 0 Å². The SMILES string of the molecule is OCc1cnc(NCCCN2CCN(Cc3ccccc3)CC2)cn1.